The van der Waals surface area contributed by atoms with Crippen LogP contribution in [0.3, 0.4) is 0 Å². The third-order valence-corrected chi connectivity index (χ3v) is 2.17. The molecule has 0 aromatic heterocycles. The molecule has 0 saturated heterocycles. The maximum absolute atomic E-state index is 11.0. The predicted molar refractivity (Wildman–Crippen MR) is 43.1 cm³/mol. The molecule has 0 radical (unpaired) electrons. The van der Waals surface area contributed by atoms with Gasteiger partial charge in [-0.2, -0.15) is 0 Å². The zero-order valence-electron chi connectivity index (χ0n) is 6.60. The largest absolute Gasteiger partial charge is 0.386 e. The third-order valence-electron chi connectivity index (χ3n) is 2.17. The summed E-state index contributed by atoms with van der Waals surface area (Å²) in [6.07, 6.45) is 7.20. The highest BCUT2D eigenvalue weighted by Gasteiger charge is 2.22. The Hall–Kier alpha value is -0.790. The lowest BCUT2D eigenvalue weighted by atomic mass is 10.0. The van der Waals surface area contributed by atoms with Gasteiger partial charge in [0.15, 0.2) is 5.78 Å². The zero-order chi connectivity index (χ0) is 7.68. The molecule has 0 unspecified atom stereocenters. The van der Waals surface area contributed by atoms with E-state index in [-0.39, 0.29) is 0 Å². The molecule has 1 N–H and O–H groups in total. The second kappa shape index (κ2) is 2.68. The summed E-state index contributed by atoms with van der Waals surface area (Å²) in [6.45, 7) is 0. The lowest BCUT2D eigenvalue weighted by Gasteiger charge is -2.13. The van der Waals surface area contributed by atoms with E-state index in [9.17, 15) is 4.79 Å². The first-order valence-electron chi connectivity index (χ1n) is 4.34. The van der Waals surface area contributed by atoms with E-state index >= 15 is 0 Å². The van der Waals surface area contributed by atoms with E-state index in [1.54, 1.807) is 6.08 Å². The van der Waals surface area contributed by atoms with E-state index in [1.807, 2.05) is 0 Å². The fraction of sp³-hybridized carbons (Fsp3) is 0.667. The van der Waals surface area contributed by atoms with Crippen LogP contribution in [-0.4, -0.2) is 11.8 Å². The van der Waals surface area contributed by atoms with Crippen LogP contribution in [0.5, 0.6) is 0 Å². The van der Waals surface area contributed by atoms with Crippen molar-refractivity contribution in [2.45, 2.75) is 38.1 Å². The van der Waals surface area contributed by atoms with E-state index in [4.69, 9.17) is 0 Å². The molecule has 0 amide bonds. The van der Waals surface area contributed by atoms with Crippen molar-refractivity contribution in [2.24, 2.45) is 0 Å². The first-order valence-corrected chi connectivity index (χ1v) is 4.34. The van der Waals surface area contributed by atoms with Gasteiger partial charge < -0.3 is 5.32 Å². The summed E-state index contributed by atoms with van der Waals surface area (Å²) >= 11 is 0. The van der Waals surface area contributed by atoms with Gasteiger partial charge in [0.05, 0.1) is 0 Å². The van der Waals surface area contributed by atoms with Crippen LogP contribution in [-0.2, 0) is 4.79 Å². The van der Waals surface area contributed by atoms with Crippen molar-refractivity contribution in [3.8, 4) is 0 Å². The summed E-state index contributed by atoms with van der Waals surface area (Å²) in [5.74, 6) is 0.291. The molecule has 11 heavy (non-hydrogen) atoms. The maximum Gasteiger partial charge on any atom is 0.157 e. The fourth-order valence-electron chi connectivity index (χ4n) is 1.40. The van der Waals surface area contributed by atoms with E-state index < -0.39 is 0 Å². The number of carbonyl (C=O) groups excluding carboxylic acids is 1. The van der Waals surface area contributed by atoms with Gasteiger partial charge >= 0.3 is 0 Å². The molecule has 60 valence electrons. The van der Waals surface area contributed by atoms with Crippen molar-refractivity contribution in [2.75, 3.05) is 0 Å². The Balaban J connectivity index is 1.93. The topological polar surface area (TPSA) is 29.1 Å². The third kappa shape index (κ3) is 1.82. The first-order chi connectivity index (χ1) is 5.34. The van der Waals surface area contributed by atoms with Gasteiger partial charge in [0.1, 0.15) is 0 Å². The van der Waals surface area contributed by atoms with Gasteiger partial charge in [0, 0.05) is 24.2 Å². The van der Waals surface area contributed by atoms with Crippen LogP contribution in [0.25, 0.3) is 0 Å². The number of carbonyl (C=O) groups is 1. The van der Waals surface area contributed by atoms with Crippen LogP contribution < -0.4 is 5.32 Å². The average molecular weight is 151 g/mol. The molecule has 0 atom stereocenters. The number of allylic oxidation sites excluding steroid dienone is 2. The molecular weight excluding hydrogens is 138 g/mol. The molecule has 2 rings (SSSR count). The van der Waals surface area contributed by atoms with Crippen LogP contribution in [0.15, 0.2) is 11.8 Å². The fourth-order valence-corrected chi connectivity index (χ4v) is 1.40. The minimum atomic E-state index is 0.291. The quantitative estimate of drug-likeness (QED) is 0.646. The molecule has 2 aliphatic carbocycles. The van der Waals surface area contributed by atoms with Crippen LogP contribution in [0.4, 0.5) is 0 Å². The summed E-state index contributed by atoms with van der Waals surface area (Å²) < 4.78 is 0. The Morgan fingerprint density at radius 2 is 2.18 bits per heavy atom. The highest BCUT2D eigenvalue weighted by atomic mass is 16.1. The second-order valence-electron chi connectivity index (χ2n) is 3.41. The second-order valence-corrected chi connectivity index (χ2v) is 3.41. The summed E-state index contributed by atoms with van der Waals surface area (Å²) in [6, 6.07) is 0.687. The molecule has 0 aromatic carbocycles. The average Bonchev–Trinajstić information content (AvgIpc) is 2.71. The van der Waals surface area contributed by atoms with Gasteiger partial charge in [0.2, 0.25) is 0 Å². The molecule has 1 saturated carbocycles. The normalized spacial score (nSPS) is 24.7. The van der Waals surface area contributed by atoms with Crippen molar-refractivity contribution in [1.29, 1.82) is 0 Å². The van der Waals surface area contributed by atoms with Crippen molar-refractivity contribution in [3.05, 3.63) is 11.8 Å². The van der Waals surface area contributed by atoms with Gasteiger partial charge in [-0.15, -0.1) is 0 Å². The summed E-state index contributed by atoms with van der Waals surface area (Å²) in [5.41, 5.74) is 1.17. The minimum Gasteiger partial charge on any atom is -0.386 e. The van der Waals surface area contributed by atoms with Crippen molar-refractivity contribution in [1.82, 2.24) is 5.32 Å². The Labute approximate surface area is 66.7 Å². The van der Waals surface area contributed by atoms with E-state index in [0.29, 0.717) is 11.8 Å². The van der Waals surface area contributed by atoms with Gasteiger partial charge in [0.25, 0.3) is 0 Å². The van der Waals surface area contributed by atoms with E-state index in [0.717, 1.165) is 19.3 Å². The monoisotopic (exact) mass is 151 g/mol. The van der Waals surface area contributed by atoms with Gasteiger partial charge in [-0.3, -0.25) is 4.79 Å². The lowest BCUT2D eigenvalue weighted by molar-refractivity contribution is -0.115. The molecule has 0 bridgehead atoms. The number of nitrogens with one attached hydrogen (secondary N) is 1. The van der Waals surface area contributed by atoms with Gasteiger partial charge in [-0.05, 0) is 25.7 Å². The zero-order valence-corrected chi connectivity index (χ0v) is 6.60. The van der Waals surface area contributed by atoms with Crippen molar-refractivity contribution in [3.63, 3.8) is 0 Å². The number of ketones is 1. The highest BCUT2D eigenvalue weighted by molar-refractivity contribution is 5.91. The van der Waals surface area contributed by atoms with Crippen LogP contribution in [0.2, 0.25) is 0 Å². The van der Waals surface area contributed by atoms with Gasteiger partial charge in [-0.25, -0.2) is 0 Å². The van der Waals surface area contributed by atoms with Gasteiger partial charge in [-0.1, -0.05) is 0 Å². The predicted octanol–water partition coefficient (Wildman–Crippen LogP) is 1.38. The Morgan fingerprint density at radius 1 is 1.36 bits per heavy atom. The SMILES string of the molecule is O=C1C=C(NC2CC2)CCC1. The van der Waals surface area contributed by atoms with Crippen molar-refractivity contribution >= 4 is 5.78 Å². The number of rotatable bonds is 2. The molecule has 0 heterocycles. The molecule has 2 heteroatoms. The lowest BCUT2D eigenvalue weighted by Crippen LogP contribution is -2.19. The molecule has 2 nitrogen and oxygen atoms in total. The van der Waals surface area contributed by atoms with Crippen LogP contribution in [0.1, 0.15) is 32.1 Å². The summed E-state index contributed by atoms with van der Waals surface area (Å²) in [5, 5.41) is 3.36. The van der Waals surface area contributed by atoms with Crippen molar-refractivity contribution < 1.29 is 4.79 Å². The number of hydrogen-bond acceptors (Lipinski definition) is 2. The Bertz CT molecular complexity index is 204. The molecule has 1 fully saturated rings. The van der Waals surface area contributed by atoms with E-state index in [2.05, 4.69) is 5.32 Å². The molecular formula is C9H13NO. The smallest absolute Gasteiger partial charge is 0.157 e. The number of hydrogen-bond donors (Lipinski definition) is 1. The van der Waals surface area contributed by atoms with E-state index in [1.165, 1.54) is 18.5 Å². The highest BCUT2D eigenvalue weighted by Crippen LogP contribution is 2.23. The minimum absolute atomic E-state index is 0.291. The summed E-state index contributed by atoms with van der Waals surface area (Å²) in [7, 11) is 0. The maximum atomic E-state index is 11.0. The Morgan fingerprint density at radius 3 is 2.82 bits per heavy atom. The van der Waals surface area contributed by atoms with Crippen LogP contribution in [0, 0.1) is 0 Å². The first kappa shape index (κ1) is 6.89. The molecule has 2 aliphatic rings. The molecule has 0 aliphatic heterocycles. The van der Waals surface area contributed by atoms with Crippen LogP contribution >= 0.6 is 0 Å². The summed E-state index contributed by atoms with van der Waals surface area (Å²) in [4.78, 5) is 11.0. The Kier molecular flexibility index (Phi) is 1.68. The molecule has 0 aromatic rings. The standard InChI is InChI=1S/C9H13NO/c11-9-3-1-2-8(6-9)10-7-4-5-7/h6-7,10H,1-5H2. The molecule has 0 spiro atoms.